The van der Waals surface area contributed by atoms with Crippen molar-refractivity contribution in [2.75, 3.05) is 0 Å². The van der Waals surface area contributed by atoms with Crippen molar-refractivity contribution in [1.82, 2.24) is 14.4 Å². The van der Waals surface area contributed by atoms with Crippen LogP contribution in [-0.4, -0.2) is 19.5 Å². The van der Waals surface area contributed by atoms with E-state index in [4.69, 9.17) is 9.97 Å². The first kappa shape index (κ1) is 27.4. The summed E-state index contributed by atoms with van der Waals surface area (Å²) in [6.07, 6.45) is 6.06. The van der Waals surface area contributed by atoms with Gasteiger partial charge in [-0.15, -0.1) is 0 Å². The molecule has 0 fully saturated rings. The second kappa shape index (κ2) is 11.0. The molecular formula is C40H33N3O. The number of nitrogens with zero attached hydrogens (tertiary/aromatic N) is 3. The molecule has 44 heavy (non-hydrogen) atoms. The van der Waals surface area contributed by atoms with E-state index in [1.165, 1.54) is 5.56 Å². The van der Waals surface area contributed by atoms with Crippen LogP contribution in [0.3, 0.4) is 0 Å². The van der Waals surface area contributed by atoms with Crippen LogP contribution >= 0.6 is 0 Å². The number of benzene rings is 3. The minimum atomic E-state index is 0.0245. The predicted octanol–water partition coefficient (Wildman–Crippen LogP) is 10.1. The normalized spacial score (nSPS) is 11.6. The minimum Gasteiger partial charge on any atom is -0.507 e. The van der Waals surface area contributed by atoms with Crippen LogP contribution in [0.4, 0.5) is 0 Å². The third-order valence-corrected chi connectivity index (χ3v) is 8.18. The molecule has 4 aromatic heterocycles. The van der Waals surface area contributed by atoms with Gasteiger partial charge in [0, 0.05) is 40.8 Å². The van der Waals surface area contributed by atoms with Crippen molar-refractivity contribution in [3.8, 4) is 61.8 Å². The van der Waals surface area contributed by atoms with Crippen molar-refractivity contribution in [3.63, 3.8) is 0 Å². The Bertz CT molecular complexity index is 2130. The fourth-order valence-electron chi connectivity index (χ4n) is 5.81. The van der Waals surface area contributed by atoms with Gasteiger partial charge in [0.05, 0.1) is 22.6 Å². The molecule has 0 unspecified atom stereocenters. The highest BCUT2D eigenvalue weighted by Gasteiger charge is 2.17. The van der Waals surface area contributed by atoms with Gasteiger partial charge in [0.2, 0.25) is 0 Å². The van der Waals surface area contributed by atoms with Crippen LogP contribution in [0.1, 0.15) is 26.3 Å². The van der Waals surface area contributed by atoms with E-state index in [2.05, 4.69) is 129 Å². The zero-order valence-electron chi connectivity index (χ0n) is 25.1. The third kappa shape index (κ3) is 5.16. The highest BCUT2D eigenvalue weighted by Crippen LogP contribution is 2.39. The van der Waals surface area contributed by atoms with E-state index in [0.717, 1.165) is 50.3 Å². The maximum Gasteiger partial charge on any atom is 0.124 e. The topological polar surface area (TPSA) is 50.4 Å². The Balaban J connectivity index is 1.41. The van der Waals surface area contributed by atoms with Gasteiger partial charge < -0.3 is 9.51 Å². The number of aromatic hydroxyl groups is 1. The standard InChI is InChI=1S/C40H33N3O/c1-40(2,3)30-18-20-41-35(26-30)27-11-10-12-28(23-27)36-24-29(25-37(42-36)34-15-6-7-17-39(34)44)31-13-4-5-14-32(31)33-19-22-43-21-9-8-16-38(33)43/h4-26,44H,1-3H3. The zero-order valence-corrected chi connectivity index (χ0v) is 25.1. The summed E-state index contributed by atoms with van der Waals surface area (Å²) in [6, 6.07) is 41.2. The summed E-state index contributed by atoms with van der Waals surface area (Å²) in [5, 5.41) is 10.8. The van der Waals surface area contributed by atoms with Crippen LogP contribution in [0.15, 0.2) is 140 Å². The average Bonchev–Trinajstić information content (AvgIpc) is 3.49. The first-order valence-corrected chi connectivity index (χ1v) is 14.9. The van der Waals surface area contributed by atoms with Crippen LogP contribution in [0.25, 0.3) is 61.5 Å². The van der Waals surface area contributed by atoms with Gasteiger partial charge in [-0.2, -0.15) is 0 Å². The molecule has 4 heteroatoms. The first-order chi connectivity index (χ1) is 21.3. The van der Waals surface area contributed by atoms with E-state index >= 15 is 0 Å². The summed E-state index contributed by atoms with van der Waals surface area (Å²) in [5.74, 6) is 0.201. The number of hydrogen-bond donors (Lipinski definition) is 1. The minimum absolute atomic E-state index is 0.0245. The van der Waals surface area contributed by atoms with Crippen molar-refractivity contribution < 1.29 is 5.11 Å². The summed E-state index contributed by atoms with van der Waals surface area (Å²) in [6.45, 7) is 6.65. The van der Waals surface area contributed by atoms with E-state index in [1.54, 1.807) is 6.07 Å². The lowest BCUT2D eigenvalue weighted by Crippen LogP contribution is -2.11. The summed E-state index contributed by atoms with van der Waals surface area (Å²) < 4.78 is 2.14. The Kier molecular flexibility index (Phi) is 6.83. The molecule has 0 atom stereocenters. The molecule has 0 amide bonds. The van der Waals surface area contributed by atoms with Gasteiger partial charge in [-0.25, -0.2) is 4.98 Å². The fraction of sp³-hybridized carbons (Fsp3) is 0.100. The van der Waals surface area contributed by atoms with Crippen molar-refractivity contribution >= 4 is 5.52 Å². The molecular weight excluding hydrogens is 538 g/mol. The van der Waals surface area contributed by atoms with Gasteiger partial charge in [-0.1, -0.05) is 81.4 Å². The van der Waals surface area contributed by atoms with Gasteiger partial charge in [0.25, 0.3) is 0 Å². The maximum atomic E-state index is 10.8. The molecule has 0 aliphatic rings. The largest absolute Gasteiger partial charge is 0.507 e. The summed E-state index contributed by atoms with van der Waals surface area (Å²) in [4.78, 5) is 9.82. The summed E-state index contributed by atoms with van der Waals surface area (Å²) >= 11 is 0. The average molecular weight is 572 g/mol. The molecule has 0 bridgehead atoms. The van der Waals surface area contributed by atoms with E-state index in [9.17, 15) is 5.11 Å². The first-order valence-electron chi connectivity index (χ1n) is 14.9. The monoisotopic (exact) mass is 571 g/mol. The molecule has 4 heterocycles. The molecule has 0 aliphatic carbocycles. The number of phenolic OH excluding ortho intramolecular Hbond substituents is 1. The van der Waals surface area contributed by atoms with E-state index in [-0.39, 0.29) is 11.2 Å². The molecule has 1 N–H and O–H groups in total. The van der Waals surface area contributed by atoms with Crippen molar-refractivity contribution in [2.24, 2.45) is 0 Å². The zero-order chi connectivity index (χ0) is 30.3. The molecule has 0 aliphatic heterocycles. The van der Waals surface area contributed by atoms with Crippen LogP contribution in [0.5, 0.6) is 5.75 Å². The molecule has 0 saturated heterocycles. The number of pyridine rings is 3. The summed E-state index contributed by atoms with van der Waals surface area (Å²) in [7, 11) is 0. The highest BCUT2D eigenvalue weighted by molar-refractivity contribution is 5.92. The van der Waals surface area contributed by atoms with E-state index < -0.39 is 0 Å². The SMILES string of the molecule is CC(C)(C)c1ccnc(-c2cccc(-c3cc(-c4ccccc4-c4ccn5ccccc45)cc(-c4ccccc4O)n3)c2)c1. The number of para-hydroxylation sites is 1. The Morgan fingerprint density at radius 1 is 0.545 bits per heavy atom. The predicted molar refractivity (Wildman–Crippen MR) is 181 cm³/mol. The van der Waals surface area contributed by atoms with Gasteiger partial charge in [-0.05, 0) is 88.3 Å². The van der Waals surface area contributed by atoms with Crippen LogP contribution in [0, 0.1) is 0 Å². The molecule has 7 aromatic rings. The highest BCUT2D eigenvalue weighted by atomic mass is 16.3. The Morgan fingerprint density at radius 2 is 1.25 bits per heavy atom. The van der Waals surface area contributed by atoms with Gasteiger partial charge >= 0.3 is 0 Å². The summed E-state index contributed by atoms with van der Waals surface area (Å²) in [5.41, 5.74) is 12.0. The fourth-order valence-corrected chi connectivity index (χ4v) is 5.81. The van der Waals surface area contributed by atoms with Gasteiger partial charge in [-0.3, -0.25) is 4.98 Å². The molecule has 4 nitrogen and oxygen atoms in total. The lowest BCUT2D eigenvalue weighted by atomic mass is 9.87. The Labute approximate surface area is 258 Å². The second-order valence-electron chi connectivity index (χ2n) is 12.2. The number of fused-ring (bicyclic) bond motifs is 1. The maximum absolute atomic E-state index is 10.8. The molecule has 0 spiro atoms. The van der Waals surface area contributed by atoms with Crippen LogP contribution in [0.2, 0.25) is 0 Å². The lowest BCUT2D eigenvalue weighted by Gasteiger charge is -2.19. The Hall–Kier alpha value is -5.48. The van der Waals surface area contributed by atoms with Crippen molar-refractivity contribution in [2.45, 2.75) is 26.2 Å². The van der Waals surface area contributed by atoms with Gasteiger partial charge in [0.15, 0.2) is 0 Å². The number of rotatable bonds is 5. The molecule has 0 saturated carbocycles. The van der Waals surface area contributed by atoms with E-state index in [0.29, 0.717) is 11.3 Å². The smallest absolute Gasteiger partial charge is 0.124 e. The van der Waals surface area contributed by atoms with E-state index in [1.807, 2.05) is 30.5 Å². The van der Waals surface area contributed by atoms with Crippen molar-refractivity contribution in [3.05, 3.63) is 145 Å². The van der Waals surface area contributed by atoms with Crippen LogP contribution < -0.4 is 0 Å². The number of aromatic nitrogens is 3. The lowest BCUT2D eigenvalue weighted by molar-refractivity contribution is 0.477. The number of hydrogen-bond acceptors (Lipinski definition) is 3. The van der Waals surface area contributed by atoms with Gasteiger partial charge in [0.1, 0.15) is 5.75 Å². The van der Waals surface area contributed by atoms with Crippen molar-refractivity contribution in [1.29, 1.82) is 0 Å². The third-order valence-electron chi connectivity index (χ3n) is 8.18. The molecule has 7 rings (SSSR count). The second-order valence-corrected chi connectivity index (χ2v) is 12.2. The molecule has 214 valence electrons. The quantitative estimate of drug-likeness (QED) is 0.224. The van der Waals surface area contributed by atoms with Crippen LogP contribution in [-0.2, 0) is 5.41 Å². The Morgan fingerprint density at radius 3 is 2.05 bits per heavy atom. The molecule has 3 aromatic carbocycles. The molecule has 0 radical (unpaired) electrons. The number of phenols is 1.